The minimum atomic E-state index is -3.89. The molecular weight excluding hydrogens is 533 g/mol. The molecule has 6 atom stereocenters. The van der Waals surface area contributed by atoms with Gasteiger partial charge in [0.05, 0.1) is 25.6 Å². The molecule has 2 aliphatic heterocycles. The second kappa shape index (κ2) is 9.59. The van der Waals surface area contributed by atoms with Gasteiger partial charge in [-0.25, -0.2) is 19.5 Å². The van der Waals surface area contributed by atoms with E-state index in [4.69, 9.17) is 28.8 Å². The summed E-state index contributed by atoms with van der Waals surface area (Å²) in [5, 5.41) is 10.8. The number of anilines is 1. The first kappa shape index (κ1) is 23.8. The summed E-state index contributed by atoms with van der Waals surface area (Å²) in [7, 11) is -2.43. The molecule has 1 aromatic carbocycles. The molecule has 12 nitrogen and oxygen atoms in total. The van der Waals surface area contributed by atoms with Crippen molar-refractivity contribution in [2.75, 3.05) is 26.1 Å². The molecule has 0 amide bonds. The molecule has 2 aromatic heterocycles. The minimum absolute atomic E-state index is 0.202. The molecule has 3 N–H and O–H groups in total. The number of aliphatic hydroxyl groups excluding tert-OH is 1. The van der Waals surface area contributed by atoms with E-state index >= 15 is 0 Å². The first-order valence-electron chi connectivity index (χ1n) is 10.5. The van der Waals surface area contributed by atoms with Gasteiger partial charge in [-0.3, -0.25) is 18.1 Å². The summed E-state index contributed by atoms with van der Waals surface area (Å²) in [5.41, 5.74) is 7.55. The lowest BCUT2D eigenvalue weighted by Gasteiger charge is -2.30. The van der Waals surface area contributed by atoms with Crippen molar-refractivity contribution < 1.29 is 32.7 Å². The number of hydrogen-bond acceptors (Lipinski definition) is 11. The number of nitrogens with two attached hydrogens (primary N) is 1. The zero-order valence-corrected chi connectivity index (χ0v) is 20.5. The maximum Gasteiger partial charge on any atom is 0.475 e. The molecule has 2 fully saturated rings. The Labute approximate surface area is 203 Å². The first-order valence-corrected chi connectivity index (χ1v) is 12.8. The van der Waals surface area contributed by atoms with Gasteiger partial charge in [-0.05, 0) is 17.7 Å². The van der Waals surface area contributed by atoms with Crippen LogP contribution in [0.2, 0.25) is 0 Å². The van der Waals surface area contributed by atoms with E-state index in [1.54, 1.807) is 4.57 Å². The number of imidazole rings is 1. The van der Waals surface area contributed by atoms with E-state index in [0.717, 1.165) is 10.0 Å². The molecule has 0 radical (unpaired) electrons. The zero-order chi connectivity index (χ0) is 23.9. The predicted molar refractivity (Wildman–Crippen MR) is 123 cm³/mol. The number of ether oxygens (including phenoxy) is 2. The SMILES string of the molecule is COC1C(O)[C@@H](COP2(=O)OCCC(c3cccc(Br)c3)O2)O[C@H]1n1cnc2c(N)ncnc21. The van der Waals surface area contributed by atoms with Crippen LogP contribution in [-0.2, 0) is 27.6 Å². The number of phosphoric ester groups is 1. The summed E-state index contributed by atoms with van der Waals surface area (Å²) < 4.78 is 43.7. The van der Waals surface area contributed by atoms with E-state index in [1.165, 1.54) is 19.8 Å². The highest BCUT2D eigenvalue weighted by Gasteiger charge is 2.47. The van der Waals surface area contributed by atoms with Crippen molar-refractivity contribution in [3.05, 3.63) is 47.0 Å². The van der Waals surface area contributed by atoms with Crippen LogP contribution in [0, 0.1) is 0 Å². The quantitative estimate of drug-likeness (QED) is 0.431. The number of nitrogen functional groups attached to an aromatic ring is 1. The Balaban J connectivity index is 1.30. The third-order valence-corrected chi connectivity index (χ3v) is 7.72. The van der Waals surface area contributed by atoms with Crippen molar-refractivity contribution >= 4 is 40.7 Å². The molecule has 34 heavy (non-hydrogen) atoms. The largest absolute Gasteiger partial charge is 0.475 e. The van der Waals surface area contributed by atoms with Gasteiger partial charge in [0, 0.05) is 18.0 Å². The molecular formula is C20H23BrN5O7P. The Kier molecular flexibility index (Phi) is 6.70. The van der Waals surface area contributed by atoms with E-state index in [1.807, 2.05) is 24.3 Å². The van der Waals surface area contributed by atoms with Gasteiger partial charge in [-0.2, -0.15) is 0 Å². The number of rotatable bonds is 6. The van der Waals surface area contributed by atoms with Crippen LogP contribution in [-0.4, -0.2) is 63.3 Å². The Morgan fingerprint density at radius 1 is 1.35 bits per heavy atom. The van der Waals surface area contributed by atoms with E-state index in [0.29, 0.717) is 17.6 Å². The van der Waals surface area contributed by atoms with Gasteiger partial charge in [0.25, 0.3) is 0 Å². The maximum absolute atomic E-state index is 13.1. The summed E-state index contributed by atoms with van der Waals surface area (Å²) >= 11 is 3.43. The molecule has 0 saturated carbocycles. The number of halogens is 1. The third-order valence-electron chi connectivity index (χ3n) is 5.75. The second-order valence-corrected chi connectivity index (χ2v) is 10.4. The Morgan fingerprint density at radius 3 is 3.00 bits per heavy atom. The Morgan fingerprint density at radius 2 is 2.21 bits per heavy atom. The highest BCUT2D eigenvalue weighted by molar-refractivity contribution is 9.10. The first-order chi connectivity index (χ1) is 16.4. The van der Waals surface area contributed by atoms with Gasteiger partial charge in [-0.15, -0.1) is 0 Å². The molecule has 182 valence electrons. The number of hydrogen-bond donors (Lipinski definition) is 2. The van der Waals surface area contributed by atoms with Gasteiger partial charge >= 0.3 is 7.82 Å². The van der Waals surface area contributed by atoms with Crippen molar-refractivity contribution in [1.82, 2.24) is 19.5 Å². The van der Waals surface area contributed by atoms with Crippen molar-refractivity contribution in [2.45, 2.75) is 37.1 Å². The van der Waals surface area contributed by atoms with Crippen LogP contribution in [0.25, 0.3) is 11.2 Å². The van der Waals surface area contributed by atoms with Crippen LogP contribution in [0.5, 0.6) is 0 Å². The molecule has 5 rings (SSSR count). The molecule has 4 unspecified atom stereocenters. The number of fused-ring (bicyclic) bond motifs is 1. The standard InChI is InChI=1S/C20H23BrN5O7P/c1-29-17-16(27)14(32-20(17)26-10-25-15-18(22)23-9-24-19(15)26)8-31-34(28)30-6-5-13(33-34)11-3-2-4-12(21)7-11/h2-4,7,9-10,13-14,16-17,20,27H,5-6,8H2,1H3,(H2,22,23,24)/t13?,14-,16?,17?,20-,34?/m1/s1. The van der Waals surface area contributed by atoms with E-state index in [2.05, 4.69) is 30.9 Å². The van der Waals surface area contributed by atoms with Crippen LogP contribution in [0.3, 0.4) is 0 Å². The number of phosphoric acid groups is 1. The lowest BCUT2D eigenvalue weighted by molar-refractivity contribution is -0.0626. The van der Waals surface area contributed by atoms with E-state index in [9.17, 15) is 9.67 Å². The summed E-state index contributed by atoms with van der Waals surface area (Å²) in [5.74, 6) is 0.223. The van der Waals surface area contributed by atoms with Crippen LogP contribution in [0.15, 0.2) is 41.4 Å². The summed E-state index contributed by atoms with van der Waals surface area (Å²) in [6.45, 7) is -0.0439. The van der Waals surface area contributed by atoms with Crippen molar-refractivity contribution in [1.29, 1.82) is 0 Å². The summed E-state index contributed by atoms with van der Waals surface area (Å²) in [6, 6.07) is 7.54. The molecule has 0 bridgehead atoms. The summed E-state index contributed by atoms with van der Waals surface area (Å²) in [6.07, 6.45) is -0.649. The Hall–Kier alpha value is -1.96. The monoisotopic (exact) mass is 555 g/mol. The van der Waals surface area contributed by atoms with Crippen molar-refractivity contribution in [3.8, 4) is 0 Å². The van der Waals surface area contributed by atoms with Crippen LogP contribution in [0.1, 0.15) is 24.3 Å². The van der Waals surface area contributed by atoms with Gasteiger partial charge in [-0.1, -0.05) is 28.1 Å². The maximum atomic E-state index is 13.1. The second-order valence-electron chi connectivity index (χ2n) is 7.85. The smallest absolute Gasteiger partial charge is 0.387 e. The molecule has 0 spiro atoms. The van der Waals surface area contributed by atoms with E-state index < -0.39 is 38.5 Å². The number of nitrogens with zero attached hydrogens (tertiary/aromatic N) is 4. The fourth-order valence-electron chi connectivity index (χ4n) is 4.07. The van der Waals surface area contributed by atoms with Gasteiger partial charge in [0.15, 0.2) is 17.7 Å². The van der Waals surface area contributed by atoms with Gasteiger partial charge < -0.3 is 20.3 Å². The van der Waals surface area contributed by atoms with Crippen LogP contribution in [0.4, 0.5) is 5.82 Å². The van der Waals surface area contributed by atoms with Gasteiger partial charge in [0.2, 0.25) is 0 Å². The Bertz CT molecular complexity index is 1230. The number of benzene rings is 1. The molecule has 3 aromatic rings. The number of methoxy groups -OCH3 is 1. The fraction of sp³-hybridized carbons (Fsp3) is 0.450. The highest BCUT2D eigenvalue weighted by Crippen LogP contribution is 2.57. The van der Waals surface area contributed by atoms with Gasteiger partial charge in [0.1, 0.15) is 30.2 Å². The van der Waals surface area contributed by atoms with E-state index in [-0.39, 0.29) is 19.0 Å². The topological polar surface area (TPSA) is 153 Å². The third kappa shape index (κ3) is 4.50. The van der Waals surface area contributed by atoms with Crippen molar-refractivity contribution in [3.63, 3.8) is 0 Å². The zero-order valence-electron chi connectivity index (χ0n) is 18.1. The normalized spacial score (nSPS) is 31.8. The van der Waals surface area contributed by atoms with Crippen LogP contribution < -0.4 is 5.73 Å². The lowest BCUT2D eigenvalue weighted by Crippen LogP contribution is -2.35. The highest BCUT2D eigenvalue weighted by atomic mass is 79.9. The molecule has 0 aliphatic carbocycles. The fourth-order valence-corrected chi connectivity index (χ4v) is 5.88. The minimum Gasteiger partial charge on any atom is -0.387 e. The molecule has 2 saturated heterocycles. The summed E-state index contributed by atoms with van der Waals surface area (Å²) in [4.78, 5) is 12.4. The predicted octanol–water partition coefficient (Wildman–Crippen LogP) is 2.75. The average molecular weight is 556 g/mol. The lowest BCUT2D eigenvalue weighted by atomic mass is 10.1. The molecule has 4 heterocycles. The number of aliphatic hydroxyl groups is 1. The average Bonchev–Trinajstić information content (AvgIpc) is 3.39. The molecule has 2 aliphatic rings. The number of aromatic nitrogens is 4. The molecule has 14 heteroatoms. The van der Waals surface area contributed by atoms with Crippen LogP contribution >= 0.6 is 23.8 Å². The van der Waals surface area contributed by atoms with Crippen molar-refractivity contribution in [2.24, 2.45) is 0 Å².